The lowest BCUT2D eigenvalue weighted by molar-refractivity contribution is 0.440. The zero-order valence-electron chi connectivity index (χ0n) is 5.28. The molecule has 0 radical (unpaired) electrons. The van der Waals surface area contributed by atoms with Crippen LogP contribution in [0.3, 0.4) is 0 Å². The highest BCUT2D eigenvalue weighted by Gasteiger charge is 2.03. The number of hydrogen-bond acceptors (Lipinski definition) is 2. The maximum Gasteiger partial charge on any atom is 0.384 e. The van der Waals surface area contributed by atoms with Crippen molar-refractivity contribution in [2.75, 3.05) is 0 Å². The van der Waals surface area contributed by atoms with Gasteiger partial charge in [0, 0.05) is 0 Å². The Morgan fingerprint density at radius 3 is 2.56 bits per heavy atom. The summed E-state index contributed by atoms with van der Waals surface area (Å²) in [6, 6.07) is 0. The van der Waals surface area contributed by atoms with Gasteiger partial charge in [0.1, 0.15) is 0 Å². The van der Waals surface area contributed by atoms with Gasteiger partial charge in [0.15, 0.2) is 0 Å². The van der Waals surface area contributed by atoms with Gasteiger partial charge in [0.25, 0.3) is 0 Å². The van der Waals surface area contributed by atoms with Gasteiger partial charge in [-0.25, -0.2) is 15.6 Å². The third-order valence-corrected chi connectivity index (χ3v) is 1.01. The number of nitrogens with two attached hydrogens (primary N) is 2. The fraction of sp³-hybridized carbons (Fsp3) is 0.500. The van der Waals surface area contributed by atoms with Gasteiger partial charge >= 0.3 is 7.67 Å². The molecule has 0 aromatic heterocycles. The van der Waals surface area contributed by atoms with Crippen molar-refractivity contribution in [3.05, 3.63) is 12.3 Å². The summed E-state index contributed by atoms with van der Waals surface area (Å²) in [4.78, 5) is 0. The monoisotopic (exact) mass is 150 g/mol. The van der Waals surface area contributed by atoms with E-state index in [1.807, 2.05) is 6.92 Å². The fourth-order valence-corrected chi connectivity index (χ4v) is 0.511. The van der Waals surface area contributed by atoms with Crippen molar-refractivity contribution in [2.45, 2.75) is 13.3 Å². The summed E-state index contributed by atoms with van der Waals surface area (Å²) < 4.78 is 14.8. The van der Waals surface area contributed by atoms with Crippen molar-refractivity contribution in [3.8, 4) is 0 Å². The number of hydrogen-bond donors (Lipinski definition) is 2. The van der Waals surface area contributed by atoms with Crippen molar-refractivity contribution in [2.24, 2.45) is 11.0 Å². The molecule has 0 aromatic carbocycles. The van der Waals surface area contributed by atoms with Crippen LogP contribution >= 0.6 is 7.67 Å². The molecule has 0 saturated carbocycles. The summed E-state index contributed by atoms with van der Waals surface area (Å²) in [5, 5.41) is 0. The van der Waals surface area contributed by atoms with E-state index in [4.69, 9.17) is 11.0 Å². The minimum Gasteiger partial charge on any atom is -0.431 e. The molecule has 0 spiro atoms. The first-order chi connectivity index (χ1) is 4.06. The van der Waals surface area contributed by atoms with Gasteiger partial charge in [0.2, 0.25) is 0 Å². The van der Waals surface area contributed by atoms with Gasteiger partial charge in [-0.15, -0.1) is 0 Å². The Kier molecular flexibility index (Phi) is 3.54. The molecule has 0 atom stereocenters. The van der Waals surface area contributed by atoms with Gasteiger partial charge in [-0.05, 0) is 12.5 Å². The van der Waals surface area contributed by atoms with Crippen LogP contribution in [-0.2, 0) is 9.09 Å². The minimum atomic E-state index is -3.28. The zero-order chi connectivity index (χ0) is 7.33. The van der Waals surface area contributed by atoms with Crippen molar-refractivity contribution in [3.63, 3.8) is 0 Å². The standard InChI is InChI=1S/C4H11N2O2P/c1-2-3-4-8-9(5,6)7/h3-4H,2H2,1H3,(H4,5,6,7). The lowest BCUT2D eigenvalue weighted by Crippen LogP contribution is -2.04. The summed E-state index contributed by atoms with van der Waals surface area (Å²) in [7, 11) is -3.28. The molecule has 0 saturated heterocycles. The Bertz CT molecular complexity index is 140. The summed E-state index contributed by atoms with van der Waals surface area (Å²) in [5.41, 5.74) is 9.67. The second kappa shape index (κ2) is 3.67. The molecule has 0 aliphatic heterocycles. The molecule has 0 aliphatic carbocycles. The largest absolute Gasteiger partial charge is 0.431 e. The fourth-order valence-electron chi connectivity index (χ4n) is 0.234. The first kappa shape index (κ1) is 8.69. The smallest absolute Gasteiger partial charge is 0.384 e. The van der Waals surface area contributed by atoms with Crippen LogP contribution in [0.5, 0.6) is 0 Å². The molecule has 0 rings (SSSR count). The molecule has 5 heteroatoms. The molecular formula is C4H11N2O2P. The predicted octanol–water partition coefficient (Wildman–Crippen LogP) is 0.952. The van der Waals surface area contributed by atoms with Gasteiger partial charge < -0.3 is 4.52 Å². The molecule has 0 aromatic rings. The lowest BCUT2D eigenvalue weighted by Gasteiger charge is -2.02. The van der Waals surface area contributed by atoms with Crippen LogP contribution in [0.4, 0.5) is 0 Å². The normalized spacial score (nSPS) is 12.3. The van der Waals surface area contributed by atoms with Gasteiger partial charge in [-0.3, -0.25) is 0 Å². The first-order valence-corrected chi connectivity index (χ1v) is 4.33. The van der Waals surface area contributed by atoms with Gasteiger partial charge in [-0.1, -0.05) is 6.92 Å². The highest BCUT2D eigenvalue weighted by Crippen LogP contribution is 2.26. The van der Waals surface area contributed by atoms with E-state index in [2.05, 4.69) is 4.52 Å². The van der Waals surface area contributed by atoms with Crippen LogP contribution in [0.2, 0.25) is 0 Å². The third kappa shape index (κ3) is 7.69. The molecule has 9 heavy (non-hydrogen) atoms. The van der Waals surface area contributed by atoms with E-state index in [0.717, 1.165) is 6.42 Å². The van der Waals surface area contributed by atoms with E-state index in [-0.39, 0.29) is 0 Å². The van der Waals surface area contributed by atoms with Crippen LogP contribution in [0.1, 0.15) is 13.3 Å². The van der Waals surface area contributed by atoms with Gasteiger partial charge in [0.05, 0.1) is 6.26 Å². The molecule has 4 nitrogen and oxygen atoms in total. The average molecular weight is 150 g/mol. The predicted molar refractivity (Wildman–Crippen MR) is 36.5 cm³/mol. The second-order valence-electron chi connectivity index (χ2n) is 1.53. The number of allylic oxidation sites excluding steroid dienone is 1. The van der Waals surface area contributed by atoms with E-state index in [0.29, 0.717) is 0 Å². The molecule has 0 heterocycles. The Morgan fingerprint density at radius 1 is 1.67 bits per heavy atom. The van der Waals surface area contributed by atoms with Crippen LogP contribution in [0.15, 0.2) is 12.3 Å². The summed E-state index contributed by atoms with van der Waals surface area (Å²) >= 11 is 0. The Labute approximate surface area is 54.4 Å². The lowest BCUT2D eigenvalue weighted by atomic mass is 10.5. The Morgan fingerprint density at radius 2 is 2.22 bits per heavy atom. The van der Waals surface area contributed by atoms with Crippen LogP contribution < -0.4 is 11.0 Å². The molecule has 0 fully saturated rings. The second-order valence-corrected chi connectivity index (χ2v) is 3.03. The van der Waals surface area contributed by atoms with Crippen molar-refractivity contribution < 1.29 is 9.09 Å². The zero-order valence-corrected chi connectivity index (χ0v) is 6.17. The highest BCUT2D eigenvalue weighted by molar-refractivity contribution is 7.53. The first-order valence-electron chi connectivity index (χ1n) is 2.57. The van der Waals surface area contributed by atoms with Crippen molar-refractivity contribution in [1.82, 2.24) is 0 Å². The molecule has 0 amide bonds. The van der Waals surface area contributed by atoms with Crippen LogP contribution in [-0.4, -0.2) is 0 Å². The van der Waals surface area contributed by atoms with Gasteiger partial charge in [-0.2, -0.15) is 0 Å². The van der Waals surface area contributed by atoms with Crippen molar-refractivity contribution >= 4 is 7.67 Å². The summed E-state index contributed by atoms with van der Waals surface area (Å²) in [5.74, 6) is 0. The Balaban J connectivity index is 3.51. The molecule has 0 unspecified atom stereocenters. The van der Waals surface area contributed by atoms with E-state index < -0.39 is 7.67 Å². The van der Waals surface area contributed by atoms with E-state index >= 15 is 0 Å². The molecule has 4 N–H and O–H groups in total. The molecule has 0 aliphatic rings. The highest BCUT2D eigenvalue weighted by atomic mass is 31.2. The van der Waals surface area contributed by atoms with E-state index in [1.165, 1.54) is 6.26 Å². The number of rotatable bonds is 3. The maximum absolute atomic E-state index is 10.4. The SMILES string of the molecule is CCC=COP(N)(N)=O. The minimum absolute atomic E-state index is 0.806. The third-order valence-electron chi connectivity index (χ3n) is 0.558. The molecule has 0 bridgehead atoms. The summed E-state index contributed by atoms with van der Waals surface area (Å²) in [6.07, 6.45) is 3.73. The van der Waals surface area contributed by atoms with Crippen LogP contribution in [0.25, 0.3) is 0 Å². The molecular weight excluding hydrogens is 139 g/mol. The summed E-state index contributed by atoms with van der Waals surface area (Å²) in [6.45, 7) is 1.91. The van der Waals surface area contributed by atoms with E-state index in [1.54, 1.807) is 6.08 Å². The van der Waals surface area contributed by atoms with Crippen molar-refractivity contribution in [1.29, 1.82) is 0 Å². The Hall–Kier alpha value is -0.310. The maximum atomic E-state index is 10.4. The average Bonchev–Trinajstić information content (AvgIpc) is 1.63. The van der Waals surface area contributed by atoms with E-state index in [9.17, 15) is 4.57 Å². The topological polar surface area (TPSA) is 78.3 Å². The quantitative estimate of drug-likeness (QED) is 0.463. The van der Waals surface area contributed by atoms with Crippen LogP contribution in [0, 0.1) is 0 Å². The molecule has 54 valence electrons.